The normalized spacial score (nSPS) is 16.1. The summed E-state index contributed by atoms with van der Waals surface area (Å²) in [5.41, 5.74) is 0.0584. The second-order valence-corrected chi connectivity index (χ2v) is 9.74. The van der Waals surface area contributed by atoms with E-state index in [1.54, 1.807) is 24.3 Å². The highest BCUT2D eigenvalue weighted by Gasteiger charge is 2.28. The molecule has 1 aliphatic heterocycles. The van der Waals surface area contributed by atoms with Crippen LogP contribution >= 0.6 is 35.0 Å². The lowest BCUT2D eigenvalue weighted by Gasteiger charge is -2.21. The van der Waals surface area contributed by atoms with E-state index in [0.29, 0.717) is 45.9 Å². The number of hydrogen-bond acceptors (Lipinski definition) is 6. The van der Waals surface area contributed by atoms with Crippen molar-refractivity contribution in [2.75, 3.05) is 26.2 Å². The number of rotatable bonds is 5. The Bertz CT molecular complexity index is 946. The van der Waals surface area contributed by atoms with E-state index >= 15 is 0 Å². The first kappa shape index (κ1) is 20.6. The van der Waals surface area contributed by atoms with Gasteiger partial charge in [-0.3, -0.25) is 0 Å². The molecule has 2 aromatic carbocycles. The molecule has 0 aliphatic carbocycles. The Hall–Kier alpha value is -1.16. The summed E-state index contributed by atoms with van der Waals surface area (Å²) in [7, 11) is -3.79. The Labute approximate surface area is 172 Å². The van der Waals surface area contributed by atoms with Gasteiger partial charge in [0.05, 0.1) is 9.92 Å². The first-order valence-corrected chi connectivity index (χ1v) is 11.2. The van der Waals surface area contributed by atoms with Gasteiger partial charge >= 0.3 is 0 Å². The zero-order chi connectivity index (χ0) is 19.4. The van der Waals surface area contributed by atoms with E-state index in [0.717, 1.165) is 6.54 Å². The third kappa shape index (κ3) is 4.82. The highest BCUT2D eigenvalue weighted by atomic mass is 35.5. The smallest absolute Gasteiger partial charge is 0.244 e. The van der Waals surface area contributed by atoms with Gasteiger partial charge in [0.15, 0.2) is 0 Å². The molecule has 2 aromatic rings. The van der Waals surface area contributed by atoms with Crippen molar-refractivity contribution >= 4 is 50.7 Å². The number of nitrogens with one attached hydrogen (secondary N) is 1. The fourth-order valence-corrected chi connectivity index (χ4v) is 6.08. The van der Waals surface area contributed by atoms with Gasteiger partial charge in [0.2, 0.25) is 10.0 Å². The Morgan fingerprint density at radius 3 is 2.63 bits per heavy atom. The van der Waals surface area contributed by atoms with Crippen molar-refractivity contribution in [3.63, 3.8) is 0 Å². The van der Waals surface area contributed by atoms with Gasteiger partial charge in [0, 0.05) is 34.4 Å². The van der Waals surface area contributed by atoms with Crippen molar-refractivity contribution < 1.29 is 8.42 Å². The number of nitrogens with zero attached hydrogens (tertiary/aromatic N) is 2. The lowest BCUT2D eigenvalue weighted by Crippen LogP contribution is -2.34. The number of nitroso groups, excluding NO2 is 1. The van der Waals surface area contributed by atoms with Gasteiger partial charge < -0.3 is 5.32 Å². The molecular weight excluding hydrogens is 429 g/mol. The lowest BCUT2D eigenvalue weighted by molar-refractivity contribution is 0.430. The summed E-state index contributed by atoms with van der Waals surface area (Å²) in [6, 6.07) is 9.35. The molecule has 0 bridgehead atoms. The predicted octanol–water partition coefficient (Wildman–Crippen LogP) is 4.53. The standard InChI is InChI=1S/C17H17Cl2N3O3S2/c18-12-2-4-14(19)16(10-12)26-15-5-3-13(21-23)11-17(15)27(24,25)22-8-1-6-20-7-9-22/h2-5,10-11,20H,1,6-9H2. The van der Waals surface area contributed by atoms with Gasteiger partial charge in [-0.1, -0.05) is 35.0 Å². The molecule has 0 amide bonds. The van der Waals surface area contributed by atoms with Crippen molar-refractivity contribution in [2.45, 2.75) is 21.1 Å². The number of hydrogen-bond donors (Lipinski definition) is 1. The first-order chi connectivity index (χ1) is 12.9. The van der Waals surface area contributed by atoms with Crippen LogP contribution in [0.15, 0.2) is 56.3 Å². The van der Waals surface area contributed by atoms with Gasteiger partial charge in [-0.2, -0.15) is 4.31 Å². The van der Waals surface area contributed by atoms with Crippen molar-refractivity contribution in [1.29, 1.82) is 0 Å². The van der Waals surface area contributed by atoms with Crippen LogP contribution in [0.25, 0.3) is 0 Å². The van der Waals surface area contributed by atoms with Crippen LogP contribution in [-0.4, -0.2) is 38.9 Å². The van der Waals surface area contributed by atoms with E-state index in [1.807, 2.05) is 0 Å². The van der Waals surface area contributed by atoms with Crippen LogP contribution in [0, 0.1) is 4.91 Å². The van der Waals surface area contributed by atoms with Gasteiger partial charge in [-0.05, 0) is 54.5 Å². The summed E-state index contributed by atoms with van der Waals surface area (Å²) < 4.78 is 27.9. The average molecular weight is 446 g/mol. The summed E-state index contributed by atoms with van der Waals surface area (Å²) in [5, 5.41) is 7.02. The fraction of sp³-hybridized carbons (Fsp3) is 0.294. The average Bonchev–Trinajstić information content (AvgIpc) is 2.95. The molecule has 0 spiro atoms. The van der Waals surface area contributed by atoms with Gasteiger partial charge in [-0.15, -0.1) is 4.91 Å². The number of benzene rings is 2. The van der Waals surface area contributed by atoms with Crippen LogP contribution in [0.3, 0.4) is 0 Å². The minimum absolute atomic E-state index is 0.0440. The lowest BCUT2D eigenvalue weighted by atomic mass is 10.3. The predicted molar refractivity (Wildman–Crippen MR) is 109 cm³/mol. The third-order valence-electron chi connectivity index (χ3n) is 4.06. The molecule has 27 heavy (non-hydrogen) atoms. The largest absolute Gasteiger partial charge is 0.315 e. The zero-order valence-corrected chi connectivity index (χ0v) is 17.3. The molecule has 0 radical (unpaired) electrons. The maximum Gasteiger partial charge on any atom is 0.244 e. The topological polar surface area (TPSA) is 78.8 Å². The van der Waals surface area contributed by atoms with Crippen LogP contribution < -0.4 is 5.32 Å². The molecule has 6 nitrogen and oxygen atoms in total. The molecule has 3 rings (SSSR count). The Morgan fingerprint density at radius 1 is 1.04 bits per heavy atom. The molecule has 1 aliphatic rings. The second-order valence-electron chi connectivity index (χ2n) is 5.91. The second kappa shape index (κ2) is 8.89. The molecule has 1 fully saturated rings. The summed E-state index contributed by atoms with van der Waals surface area (Å²) >= 11 is 13.5. The van der Waals surface area contributed by atoms with Gasteiger partial charge in [-0.25, -0.2) is 8.42 Å². The number of halogens is 2. The number of sulfonamides is 1. The molecule has 10 heteroatoms. The molecule has 0 saturated carbocycles. The maximum absolute atomic E-state index is 13.3. The summed E-state index contributed by atoms with van der Waals surface area (Å²) in [6.07, 6.45) is 0.716. The van der Waals surface area contributed by atoms with Gasteiger partial charge in [0.25, 0.3) is 0 Å². The Balaban J connectivity index is 2.05. The van der Waals surface area contributed by atoms with Crippen molar-refractivity contribution in [1.82, 2.24) is 9.62 Å². The minimum atomic E-state index is -3.79. The van der Waals surface area contributed by atoms with Crippen LogP contribution in [0.5, 0.6) is 0 Å². The molecule has 0 atom stereocenters. The monoisotopic (exact) mass is 445 g/mol. The van der Waals surface area contributed by atoms with Crippen molar-refractivity contribution in [2.24, 2.45) is 5.18 Å². The zero-order valence-electron chi connectivity index (χ0n) is 14.2. The van der Waals surface area contributed by atoms with Crippen LogP contribution in [0.4, 0.5) is 5.69 Å². The van der Waals surface area contributed by atoms with E-state index in [9.17, 15) is 13.3 Å². The van der Waals surface area contributed by atoms with Crippen LogP contribution in [0.2, 0.25) is 10.0 Å². The van der Waals surface area contributed by atoms with E-state index in [-0.39, 0.29) is 10.6 Å². The minimum Gasteiger partial charge on any atom is -0.315 e. The molecule has 0 aromatic heterocycles. The quantitative estimate of drug-likeness (QED) is 0.683. The molecule has 1 N–H and O–H groups in total. The summed E-state index contributed by atoms with van der Waals surface area (Å²) in [4.78, 5) is 12.1. The van der Waals surface area contributed by atoms with Gasteiger partial charge in [0.1, 0.15) is 5.69 Å². The molecule has 0 unspecified atom stereocenters. The SMILES string of the molecule is O=Nc1ccc(Sc2cc(Cl)ccc2Cl)c(S(=O)(=O)N2CCCNCC2)c1. The first-order valence-electron chi connectivity index (χ1n) is 8.23. The molecular formula is C17H17Cl2N3O3S2. The van der Waals surface area contributed by atoms with Crippen molar-refractivity contribution in [3.05, 3.63) is 51.4 Å². The van der Waals surface area contributed by atoms with E-state index in [4.69, 9.17) is 23.2 Å². The van der Waals surface area contributed by atoms with E-state index in [1.165, 1.54) is 28.2 Å². The maximum atomic E-state index is 13.3. The molecule has 144 valence electrons. The van der Waals surface area contributed by atoms with Crippen molar-refractivity contribution in [3.8, 4) is 0 Å². The van der Waals surface area contributed by atoms with Crippen LogP contribution in [0.1, 0.15) is 6.42 Å². The molecule has 1 saturated heterocycles. The summed E-state index contributed by atoms with van der Waals surface area (Å²) in [5.74, 6) is 0. The Morgan fingerprint density at radius 2 is 1.85 bits per heavy atom. The van der Waals surface area contributed by atoms with Crippen LogP contribution in [-0.2, 0) is 10.0 Å². The summed E-state index contributed by atoms with van der Waals surface area (Å²) in [6.45, 7) is 2.12. The Kier molecular flexibility index (Phi) is 6.78. The highest BCUT2D eigenvalue weighted by Crippen LogP contribution is 2.40. The van der Waals surface area contributed by atoms with E-state index < -0.39 is 10.0 Å². The third-order valence-corrected chi connectivity index (χ3v) is 7.94. The van der Waals surface area contributed by atoms with E-state index in [2.05, 4.69) is 10.5 Å². The highest BCUT2D eigenvalue weighted by molar-refractivity contribution is 8.00. The fourth-order valence-electron chi connectivity index (χ4n) is 2.71. The molecule has 1 heterocycles.